The van der Waals surface area contributed by atoms with Crippen LogP contribution >= 0.6 is 23.8 Å². The van der Waals surface area contributed by atoms with Crippen LogP contribution in [0.5, 0.6) is 11.6 Å². The molecule has 0 saturated carbocycles. The van der Waals surface area contributed by atoms with E-state index in [9.17, 15) is 19.1 Å². The fraction of sp³-hybridized carbons (Fsp3) is 0.0800. The number of nitrogens with one attached hydrogen (secondary N) is 2. The first kappa shape index (κ1) is 25.0. The third-order valence-electron chi connectivity index (χ3n) is 5.21. The lowest BCUT2D eigenvalue weighted by molar-refractivity contribution is -0.115. The highest BCUT2D eigenvalue weighted by Crippen LogP contribution is 2.27. The van der Waals surface area contributed by atoms with Crippen molar-refractivity contribution in [3.8, 4) is 17.3 Å². The number of carbonyl (C=O) groups excluding carboxylic acids is 2. The lowest BCUT2D eigenvalue weighted by Crippen LogP contribution is -2.27. The molecule has 0 atom stereocenters. The fourth-order valence-corrected chi connectivity index (χ4v) is 3.93. The summed E-state index contributed by atoms with van der Waals surface area (Å²) in [5.41, 5.74) is 3.57. The Morgan fingerprint density at radius 2 is 1.78 bits per heavy atom. The van der Waals surface area contributed by atoms with Gasteiger partial charge in [-0.15, -0.1) is 0 Å². The Morgan fingerprint density at radius 1 is 1.08 bits per heavy atom. The maximum absolute atomic E-state index is 13.7. The average Bonchev–Trinajstić information content (AvgIpc) is 3.09. The highest BCUT2D eigenvalue weighted by molar-refractivity contribution is 7.71. The Morgan fingerprint density at radius 3 is 2.42 bits per heavy atom. The van der Waals surface area contributed by atoms with E-state index in [-0.39, 0.29) is 28.3 Å². The zero-order valence-corrected chi connectivity index (χ0v) is 20.4. The summed E-state index contributed by atoms with van der Waals surface area (Å²) in [6.45, 7) is 0. The van der Waals surface area contributed by atoms with E-state index in [4.69, 9.17) is 28.6 Å². The van der Waals surface area contributed by atoms with Crippen molar-refractivity contribution in [3.05, 3.63) is 99.7 Å². The molecule has 0 bridgehead atoms. The second kappa shape index (κ2) is 10.6. The zero-order chi connectivity index (χ0) is 25.8. The first-order valence-corrected chi connectivity index (χ1v) is 11.4. The summed E-state index contributed by atoms with van der Waals surface area (Å²) in [6, 6.07) is 18.2. The molecule has 0 fully saturated rings. The highest BCUT2D eigenvalue weighted by Gasteiger charge is 2.23. The van der Waals surface area contributed by atoms with E-state index in [1.807, 2.05) is 0 Å². The maximum atomic E-state index is 13.7. The van der Waals surface area contributed by atoms with E-state index in [2.05, 4.69) is 10.7 Å². The summed E-state index contributed by atoms with van der Waals surface area (Å²) in [5.74, 6) is -1.49. The number of nitrogens with zero attached hydrogens (tertiary/aromatic N) is 2. The molecule has 184 valence electrons. The molecule has 0 aliphatic rings. The predicted molar refractivity (Wildman–Crippen MR) is 137 cm³/mol. The van der Waals surface area contributed by atoms with Crippen LogP contribution < -0.4 is 15.5 Å². The van der Waals surface area contributed by atoms with Crippen LogP contribution in [0.15, 0.2) is 72.8 Å². The van der Waals surface area contributed by atoms with Crippen molar-refractivity contribution in [1.82, 2.24) is 9.24 Å². The number of aromatic hydroxyl groups is 1. The van der Waals surface area contributed by atoms with Gasteiger partial charge < -0.3 is 15.2 Å². The van der Waals surface area contributed by atoms with E-state index in [1.165, 1.54) is 29.9 Å². The predicted octanol–water partition coefficient (Wildman–Crippen LogP) is 5.08. The van der Waals surface area contributed by atoms with E-state index in [0.717, 1.165) is 10.7 Å². The van der Waals surface area contributed by atoms with Gasteiger partial charge in [0, 0.05) is 16.3 Å². The molecule has 2 amide bonds. The summed E-state index contributed by atoms with van der Waals surface area (Å²) in [7, 11) is 1.53. The molecule has 0 aliphatic heterocycles. The van der Waals surface area contributed by atoms with Crippen molar-refractivity contribution in [2.45, 2.75) is 6.42 Å². The molecule has 1 heterocycles. The van der Waals surface area contributed by atoms with E-state index in [1.54, 1.807) is 48.5 Å². The number of halogens is 2. The summed E-state index contributed by atoms with van der Waals surface area (Å²) >= 11 is 11.5. The summed E-state index contributed by atoms with van der Waals surface area (Å²) in [5, 5.41) is 14.3. The molecule has 8 nitrogen and oxygen atoms in total. The van der Waals surface area contributed by atoms with Gasteiger partial charge >= 0.3 is 0 Å². The third kappa shape index (κ3) is 5.40. The van der Waals surface area contributed by atoms with Crippen LogP contribution in [0.1, 0.15) is 16.1 Å². The van der Waals surface area contributed by atoms with E-state index in [0.29, 0.717) is 22.1 Å². The molecule has 11 heteroatoms. The van der Waals surface area contributed by atoms with Crippen LogP contribution in [0.2, 0.25) is 5.02 Å². The molecule has 0 spiro atoms. The second-order valence-corrected chi connectivity index (χ2v) is 8.41. The third-order valence-corrected chi connectivity index (χ3v) is 5.83. The lowest BCUT2D eigenvalue weighted by Gasteiger charge is -2.11. The molecule has 0 unspecified atom stereocenters. The quantitative estimate of drug-likeness (QED) is 0.292. The molecular formula is C25H20ClFN4O4S. The number of benzene rings is 3. The minimum atomic E-state index is -0.685. The normalized spacial score (nSPS) is 10.6. The smallest absolute Gasteiger partial charge is 0.270 e. The number of rotatable bonds is 7. The van der Waals surface area contributed by atoms with Crippen molar-refractivity contribution in [1.29, 1.82) is 0 Å². The molecule has 4 rings (SSSR count). The summed E-state index contributed by atoms with van der Waals surface area (Å²) in [4.78, 5) is 25.7. The Labute approximate surface area is 215 Å². The number of imidazole rings is 1. The van der Waals surface area contributed by atoms with Crippen molar-refractivity contribution in [3.63, 3.8) is 0 Å². The largest absolute Gasteiger partial charge is 0.497 e. The minimum Gasteiger partial charge on any atom is -0.497 e. The van der Waals surface area contributed by atoms with Crippen LogP contribution in [-0.4, -0.2) is 33.3 Å². The Balaban J connectivity index is 1.70. The van der Waals surface area contributed by atoms with Crippen molar-refractivity contribution in [2.24, 2.45) is 0 Å². The molecule has 3 N–H and O–H groups in total. The van der Waals surface area contributed by atoms with Crippen LogP contribution in [0.4, 0.5) is 10.1 Å². The minimum absolute atomic E-state index is 0.0192. The van der Waals surface area contributed by atoms with Crippen molar-refractivity contribution >= 4 is 41.3 Å². The SMILES string of the molecule is COc1ccc(NC(=O)Cc2c(O)n(-c3ccc(Cl)cc3)c(=S)n2NC(=O)c2cccc(F)c2)cc1. The van der Waals surface area contributed by atoms with E-state index < -0.39 is 17.6 Å². The van der Waals surface area contributed by atoms with Gasteiger partial charge in [0.2, 0.25) is 16.6 Å². The number of methoxy groups -OCH3 is 1. The molecule has 0 aliphatic carbocycles. The fourth-order valence-electron chi connectivity index (χ4n) is 3.46. The number of amides is 2. The first-order valence-electron chi connectivity index (χ1n) is 10.6. The van der Waals surface area contributed by atoms with Gasteiger partial charge in [-0.25, -0.2) is 9.07 Å². The molecule has 0 radical (unpaired) electrons. The number of anilines is 1. The van der Waals surface area contributed by atoms with Gasteiger partial charge in [-0.05, 0) is 78.9 Å². The van der Waals surface area contributed by atoms with Gasteiger partial charge in [-0.2, -0.15) is 0 Å². The van der Waals surface area contributed by atoms with Gasteiger partial charge in [-0.1, -0.05) is 17.7 Å². The van der Waals surface area contributed by atoms with Gasteiger partial charge in [0.15, 0.2) is 0 Å². The maximum Gasteiger partial charge on any atom is 0.270 e. The Bertz CT molecular complexity index is 1480. The second-order valence-electron chi connectivity index (χ2n) is 7.60. The number of hydrogen-bond donors (Lipinski definition) is 3. The zero-order valence-electron chi connectivity index (χ0n) is 18.9. The Hall–Kier alpha value is -4.15. The number of aromatic nitrogens is 2. The molecule has 0 saturated heterocycles. The number of ether oxygens (including phenoxy) is 1. The molecular weight excluding hydrogens is 507 g/mol. The van der Waals surface area contributed by atoms with Gasteiger partial charge in [-0.3, -0.25) is 19.6 Å². The monoisotopic (exact) mass is 526 g/mol. The molecule has 1 aromatic heterocycles. The van der Waals surface area contributed by atoms with E-state index >= 15 is 0 Å². The van der Waals surface area contributed by atoms with Crippen LogP contribution in [-0.2, 0) is 11.2 Å². The van der Waals surface area contributed by atoms with Crippen molar-refractivity contribution in [2.75, 3.05) is 17.9 Å². The lowest BCUT2D eigenvalue weighted by atomic mass is 10.2. The average molecular weight is 527 g/mol. The van der Waals surface area contributed by atoms with Crippen molar-refractivity contribution < 1.29 is 23.8 Å². The molecule has 3 aromatic carbocycles. The van der Waals surface area contributed by atoms with Crippen LogP contribution in [0, 0.1) is 10.6 Å². The number of hydrogen-bond acceptors (Lipinski definition) is 5. The molecule has 36 heavy (non-hydrogen) atoms. The first-order chi connectivity index (χ1) is 17.3. The van der Waals surface area contributed by atoms with Gasteiger partial charge in [0.1, 0.15) is 17.3 Å². The van der Waals surface area contributed by atoms with Crippen LogP contribution in [0.25, 0.3) is 5.69 Å². The van der Waals surface area contributed by atoms with Gasteiger partial charge in [0.25, 0.3) is 5.91 Å². The number of carbonyl (C=O) groups is 2. The summed E-state index contributed by atoms with van der Waals surface area (Å²) in [6.07, 6.45) is -0.342. The van der Waals surface area contributed by atoms with Gasteiger partial charge in [0.05, 0.1) is 19.2 Å². The molecule has 4 aromatic rings. The van der Waals surface area contributed by atoms with Crippen LogP contribution in [0.3, 0.4) is 0 Å². The standard InChI is InChI=1S/C25H20ClFN4O4S/c1-35-20-11-7-18(8-12-20)28-22(32)14-21-24(34)30(19-9-5-16(26)6-10-19)25(36)31(21)29-23(33)15-3-2-4-17(27)13-15/h2-13,34H,14H2,1H3,(H,28,32)(H,29,33). The summed E-state index contributed by atoms with van der Waals surface area (Å²) < 4.78 is 21.2. The highest BCUT2D eigenvalue weighted by atomic mass is 35.5. The Kier molecular flexibility index (Phi) is 7.37. The topological polar surface area (TPSA) is 97.5 Å².